The van der Waals surface area contributed by atoms with E-state index in [2.05, 4.69) is 16.0 Å². The number of amides is 2. The minimum absolute atomic E-state index is 0.0521. The van der Waals surface area contributed by atoms with Gasteiger partial charge in [-0.15, -0.1) is 0 Å². The zero-order valence-electron chi connectivity index (χ0n) is 10.3. The molecule has 0 spiro atoms. The molecule has 5 nitrogen and oxygen atoms in total. The van der Waals surface area contributed by atoms with Crippen LogP contribution in [-0.4, -0.2) is 36.5 Å². The van der Waals surface area contributed by atoms with Crippen LogP contribution in [-0.2, 0) is 9.59 Å². The first-order chi connectivity index (χ1) is 8.15. The van der Waals surface area contributed by atoms with Crippen LogP contribution in [0, 0.1) is 0 Å². The Bertz CT molecular complexity index is 300. The lowest BCUT2D eigenvalue weighted by molar-refractivity contribution is -0.124. The first kappa shape index (κ1) is 12.4. The summed E-state index contributed by atoms with van der Waals surface area (Å²) in [6, 6.07) is 0.218. The number of rotatable bonds is 4. The lowest BCUT2D eigenvalue weighted by Gasteiger charge is -2.20. The van der Waals surface area contributed by atoms with E-state index in [1.807, 2.05) is 6.92 Å². The number of hydrogen-bond acceptors (Lipinski definition) is 3. The molecule has 2 aliphatic rings. The SMILES string of the molecule is CC(NC1CNC(=O)C1)C(=O)NC1CCCC1. The molecule has 2 rings (SSSR count). The summed E-state index contributed by atoms with van der Waals surface area (Å²) in [7, 11) is 0. The third-order valence-corrected chi connectivity index (χ3v) is 3.56. The van der Waals surface area contributed by atoms with Crippen LogP contribution in [0.2, 0.25) is 0 Å². The van der Waals surface area contributed by atoms with Crippen molar-refractivity contribution in [2.75, 3.05) is 6.54 Å². The van der Waals surface area contributed by atoms with E-state index in [-0.39, 0.29) is 23.9 Å². The van der Waals surface area contributed by atoms with Crippen molar-refractivity contribution in [1.29, 1.82) is 0 Å². The largest absolute Gasteiger partial charge is 0.354 e. The second-order valence-electron chi connectivity index (χ2n) is 5.08. The molecule has 3 N–H and O–H groups in total. The smallest absolute Gasteiger partial charge is 0.237 e. The van der Waals surface area contributed by atoms with Crippen LogP contribution >= 0.6 is 0 Å². The van der Waals surface area contributed by atoms with Crippen molar-refractivity contribution >= 4 is 11.8 Å². The molecule has 1 heterocycles. The quantitative estimate of drug-likeness (QED) is 0.642. The molecule has 96 valence electrons. The summed E-state index contributed by atoms with van der Waals surface area (Å²) in [4.78, 5) is 22.9. The van der Waals surface area contributed by atoms with Crippen LogP contribution in [0.4, 0.5) is 0 Å². The van der Waals surface area contributed by atoms with Crippen LogP contribution in [0.1, 0.15) is 39.0 Å². The summed E-state index contributed by atoms with van der Waals surface area (Å²) >= 11 is 0. The zero-order chi connectivity index (χ0) is 12.3. The Labute approximate surface area is 102 Å². The molecule has 0 aromatic carbocycles. The number of hydrogen-bond donors (Lipinski definition) is 3. The van der Waals surface area contributed by atoms with Gasteiger partial charge in [0.2, 0.25) is 11.8 Å². The van der Waals surface area contributed by atoms with Gasteiger partial charge in [0.1, 0.15) is 0 Å². The van der Waals surface area contributed by atoms with Gasteiger partial charge in [-0.2, -0.15) is 0 Å². The maximum absolute atomic E-state index is 11.9. The molecule has 0 aromatic rings. The normalized spacial score (nSPS) is 26.9. The van der Waals surface area contributed by atoms with Gasteiger partial charge in [-0.1, -0.05) is 12.8 Å². The average molecular weight is 239 g/mol. The van der Waals surface area contributed by atoms with Crippen LogP contribution in [0.25, 0.3) is 0 Å². The van der Waals surface area contributed by atoms with Crippen molar-refractivity contribution in [3.05, 3.63) is 0 Å². The Morgan fingerprint density at radius 1 is 1.35 bits per heavy atom. The average Bonchev–Trinajstić information content (AvgIpc) is 2.90. The number of nitrogens with one attached hydrogen (secondary N) is 3. The van der Waals surface area contributed by atoms with Crippen molar-refractivity contribution in [2.24, 2.45) is 0 Å². The Morgan fingerprint density at radius 2 is 2.06 bits per heavy atom. The molecule has 1 saturated heterocycles. The second kappa shape index (κ2) is 5.49. The van der Waals surface area contributed by atoms with Crippen LogP contribution in [0.3, 0.4) is 0 Å². The molecule has 2 amide bonds. The highest BCUT2D eigenvalue weighted by molar-refractivity contribution is 5.82. The summed E-state index contributed by atoms with van der Waals surface area (Å²) in [6.07, 6.45) is 5.10. The highest BCUT2D eigenvalue weighted by atomic mass is 16.2. The van der Waals surface area contributed by atoms with E-state index in [1.165, 1.54) is 12.8 Å². The van der Waals surface area contributed by atoms with Gasteiger partial charge in [-0.25, -0.2) is 0 Å². The standard InChI is InChI=1S/C12H21N3O2/c1-8(14-10-6-11(16)13-7-10)12(17)15-9-4-2-3-5-9/h8-10,14H,2-7H2,1H3,(H,13,16)(H,15,17). The van der Waals surface area contributed by atoms with E-state index < -0.39 is 0 Å². The molecule has 0 bridgehead atoms. The Balaban J connectivity index is 1.72. The van der Waals surface area contributed by atoms with Gasteiger partial charge in [0.25, 0.3) is 0 Å². The Kier molecular flexibility index (Phi) is 3.99. The first-order valence-corrected chi connectivity index (χ1v) is 6.48. The molecular formula is C12H21N3O2. The van der Waals surface area contributed by atoms with Gasteiger partial charge >= 0.3 is 0 Å². The van der Waals surface area contributed by atoms with Gasteiger partial charge in [-0.05, 0) is 19.8 Å². The third-order valence-electron chi connectivity index (χ3n) is 3.56. The predicted octanol–water partition coefficient (Wildman–Crippen LogP) is -0.0882. The van der Waals surface area contributed by atoms with Gasteiger partial charge < -0.3 is 16.0 Å². The molecule has 2 unspecified atom stereocenters. The van der Waals surface area contributed by atoms with Crippen molar-refractivity contribution in [3.63, 3.8) is 0 Å². The van der Waals surface area contributed by atoms with Crippen molar-refractivity contribution in [3.8, 4) is 0 Å². The molecule has 2 atom stereocenters. The molecule has 1 saturated carbocycles. The maximum atomic E-state index is 11.9. The van der Waals surface area contributed by atoms with E-state index >= 15 is 0 Å². The number of carbonyl (C=O) groups excluding carboxylic acids is 2. The fourth-order valence-electron chi connectivity index (χ4n) is 2.55. The molecule has 2 fully saturated rings. The fourth-order valence-corrected chi connectivity index (χ4v) is 2.55. The summed E-state index contributed by atoms with van der Waals surface area (Å²) < 4.78 is 0. The lowest BCUT2D eigenvalue weighted by atomic mass is 10.2. The second-order valence-corrected chi connectivity index (χ2v) is 5.08. The minimum atomic E-state index is -0.228. The highest BCUT2D eigenvalue weighted by Crippen LogP contribution is 2.17. The van der Waals surface area contributed by atoms with Crippen LogP contribution < -0.4 is 16.0 Å². The summed E-state index contributed by atoms with van der Waals surface area (Å²) in [6.45, 7) is 2.48. The first-order valence-electron chi connectivity index (χ1n) is 6.48. The van der Waals surface area contributed by atoms with Crippen LogP contribution in [0.5, 0.6) is 0 Å². The molecule has 0 aromatic heterocycles. The summed E-state index contributed by atoms with van der Waals surface area (Å²) in [5.41, 5.74) is 0. The topological polar surface area (TPSA) is 70.2 Å². The van der Waals surface area contributed by atoms with E-state index in [1.54, 1.807) is 0 Å². The van der Waals surface area contributed by atoms with E-state index in [4.69, 9.17) is 0 Å². The predicted molar refractivity (Wildman–Crippen MR) is 64.4 cm³/mol. The Morgan fingerprint density at radius 3 is 2.65 bits per heavy atom. The van der Waals surface area contributed by atoms with Crippen molar-refractivity contribution in [1.82, 2.24) is 16.0 Å². The van der Waals surface area contributed by atoms with Gasteiger partial charge in [0.05, 0.1) is 6.04 Å². The summed E-state index contributed by atoms with van der Waals surface area (Å²) in [5.74, 6) is 0.113. The zero-order valence-corrected chi connectivity index (χ0v) is 10.3. The third kappa shape index (κ3) is 3.43. The fraction of sp³-hybridized carbons (Fsp3) is 0.833. The monoisotopic (exact) mass is 239 g/mol. The van der Waals surface area contributed by atoms with E-state index in [9.17, 15) is 9.59 Å². The molecule has 1 aliphatic carbocycles. The minimum Gasteiger partial charge on any atom is -0.354 e. The van der Waals surface area contributed by atoms with Crippen molar-refractivity contribution < 1.29 is 9.59 Å². The Hall–Kier alpha value is -1.10. The van der Waals surface area contributed by atoms with E-state index in [0.717, 1.165) is 12.8 Å². The van der Waals surface area contributed by atoms with Gasteiger partial charge in [-0.3, -0.25) is 9.59 Å². The van der Waals surface area contributed by atoms with Gasteiger partial charge in [0.15, 0.2) is 0 Å². The van der Waals surface area contributed by atoms with Crippen LogP contribution in [0.15, 0.2) is 0 Å². The van der Waals surface area contributed by atoms with Crippen molar-refractivity contribution in [2.45, 2.75) is 57.2 Å². The molecular weight excluding hydrogens is 218 g/mol. The lowest BCUT2D eigenvalue weighted by Crippen LogP contribution is -2.49. The molecule has 5 heteroatoms. The summed E-state index contributed by atoms with van der Waals surface area (Å²) in [5, 5.41) is 9.00. The number of carbonyl (C=O) groups is 2. The maximum Gasteiger partial charge on any atom is 0.237 e. The molecule has 17 heavy (non-hydrogen) atoms. The highest BCUT2D eigenvalue weighted by Gasteiger charge is 2.26. The van der Waals surface area contributed by atoms with Gasteiger partial charge in [0, 0.05) is 25.0 Å². The molecule has 1 aliphatic heterocycles. The molecule has 0 radical (unpaired) electrons. The van der Waals surface area contributed by atoms with E-state index in [0.29, 0.717) is 19.0 Å².